The van der Waals surface area contributed by atoms with E-state index in [0.29, 0.717) is 46.2 Å². The average Bonchev–Trinajstić information content (AvgIpc) is 3.28. The fourth-order valence-electron chi connectivity index (χ4n) is 4.72. The fraction of sp³-hybridized carbons (Fsp3) is 0.320. The summed E-state index contributed by atoms with van der Waals surface area (Å²) < 4.78 is 0. The maximum absolute atomic E-state index is 13.6. The van der Waals surface area contributed by atoms with E-state index in [0.717, 1.165) is 27.4 Å². The number of likely N-dealkylation sites (tertiary alicyclic amines) is 1. The predicted molar refractivity (Wildman–Crippen MR) is 132 cm³/mol. The molecular weight excluding hydrogens is 477 g/mol. The summed E-state index contributed by atoms with van der Waals surface area (Å²) in [4.78, 5) is 33.8. The van der Waals surface area contributed by atoms with Crippen LogP contribution in [0.2, 0.25) is 10.0 Å². The fourth-order valence-corrected chi connectivity index (χ4v) is 6.12. The normalized spacial score (nSPS) is 21.1. The summed E-state index contributed by atoms with van der Waals surface area (Å²) in [7, 11) is 0. The highest BCUT2D eigenvalue weighted by atomic mass is 35.5. The van der Waals surface area contributed by atoms with Gasteiger partial charge in [0.05, 0.1) is 26.5 Å². The van der Waals surface area contributed by atoms with E-state index in [1.807, 2.05) is 36.9 Å². The molecule has 2 amide bonds. The number of hydrogen-bond acceptors (Lipinski definition) is 4. The second-order valence-electron chi connectivity index (χ2n) is 8.80. The minimum absolute atomic E-state index is 0.0510. The third kappa shape index (κ3) is 4.39. The Balaban J connectivity index is 1.35. The number of aromatic nitrogens is 1. The summed E-state index contributed by atoms with van der Waals surface area (Å²) in [6, 6.07) is 12.9. The number of thiazole rings is 1. The number of benzene rings is 2. The summed E-state index contributed by atoms with van der Waals surface area (Å²) in [5.74, 6) is 0.583. The van der Waals surface area contributed by atoms with Crippen molar-refractivity contribution in [1.82, 2.24) is 15.2 Å². The molecule has 2 aromatic carbocycles. The Kier molecular flexibility index (Phi) is 5.93. The third-order valence-corrected chi connectivity index (χ3v) is 8.00. The van der Waals surface area contributed by atoms with Crippen molar-refractivity contribution in [3.8, 4) is 10.4 Å². The highest BCUT2D eigenvalue weighted by Gasteiger charge is 2.54. The number of amides is 2. The molecule has 1 aromatic heterocycles. The molecular formula is C25H23Cl2N3O2S. The molecule has 1 saturated carbocycles. The topological polar surface area (TPSA) is 62.3 Å². The number of aryl methyl sites for hydroxylation is 2. The molecule has 5 rings (SSSR count). The van der Waals surface area contributed by atoms with Gasteiger partial charge in [0.1, 0.15) is 5.69 Å². The Morgan fingerprint density at radius 3 is 2.76 bits per heavy atom. The van der Waals surface area contributed by atoms with Crippen LogP contribution in [0.5, 0.6) is 0 Å². The van der Waals surface area contributed by atoms with Crippen molar-refractivity contribution in [2.75, 3.05) is 13.1 Å². The maximum Gasteiger partial charge on any atom is 0.274 e. The molecule has 2 aliphatic rings. The standard InChI is InChI=1S/C25H23Cl2N3O2S/c1-13-4-3-5-15(8-13)23-22(29-14(2)33-23)25(32)30-12-16-9-19(16)21(30)11-28-24(31)18-7-6-17(26)10-20(18)27/h3-8,10,16,19,21H,9,11-12H2,1-2H3,(H,28,31)/t16-,19?,21-/m1/s1. The lowest BCUT2D eigenvalue weighted by Crippen LogP contribution is -2.45. The van der Waals surface area contributed by atoms with Gasteiger partial charge < -0.3 is 10.2 Å². The smallest absolute Gasteiger partial charge is 0.274 e. The number of rotatable bonds is 5. The Morgan fingerprint density at radius 1 is 1.18 bits per heavy atom. The number of hydrogen-bond donors (Lipinski definition) is 1. The van der Waals surface area contributed by atoms with Crippen LogP contribution in [0, 0.1) is 25.7 Å². The monoisotopic (exact) mass is 499 g/mol. The van der Waals surface area contributed by atoms with Gasteiger partial charge in [0.25, 0.3) is 11.8 Å². The molecule has 2 fully saturated rings. The van der Waals surface area contributed by atoms with Crippen LogP contribution in [0.3, 0.4) is 0 Å². The van der Waals surface area contributed by atoms with E-state index in [4.69, 9.17) is 23.2 Å². The lowest BCUT2D eigenvalue weighted by atomic mass is 10.1. The molecule has 33 heavy (non-hydrogen) atoms. The zero-order valence-electron chi connectivity index (χ0n) is 18.3. The minimum Gasteiger partial charge on any atom is -0.350 e. The Labute approximate surface area is 206 Å². The van der Waals surface area contributed by atoms with Crippen molar-refractivity contribution >= 4 is 46.4 Å². The lowest BCUT2D eigenvalue weighted by molar-refractivity contribution is 0.0690. The number of carbonyl (C=O) groups excluding carboxylic acids is 2. The second-order valence-corrected chi connectivity index (χ2v) is 10.8. The SMILES string of the molecule is Cc1cccc(-c2sc(C)nc2C(=O)N2C[C@H]3CC3[C@H]2CNC(=O)c2ccc(Cl)cc2Cl)c1. The number of carbonyl (C=O) groups is 2. The number of nitrogens with one attached hydrogen (secondary N) is 1. The van der Waals surface area contributed by atoms with Gasteiger partial charge in [-0.2, -0.15) is 0 Å². The number of nitrogens with zero attached hydrogens (tertiary/aromatic N) is 2. The third-order valence-electron chi connectivity index (χ3n) is 6.43. The molecule has 3 atom stereocenters. The summed E-state index contributed by atoms with van der Waals surface area (Å²) >= 11 is 13.7. The van der Waals surface area contributed by atoms with Crippen LogP contribution >= 0.6 is 34.5 Å². The zero-order valence-corrected chi connectivity index (χ0v) is 20.6. The van der Waals surface area contributed by atoms with Gasteiger partial charge >= 0.3 is 0 Å². The molecule has 3 aromatic rings. The van der Waals surface area contributed by atoms with Crippen molar-refractivity contribution < 1.29 is 9.59 Å². The van der Waals surface area contributed by atoms with Crippen LogP contribution in [0.25, 0.3) is 10.4 Å². The van der Waals surface area contributed by atoms with E-state index < -0.39 is 0 Å². The van der Waals surface area contributed by atoms with Crippen molar-refractivity contribution in [1.29, 1.82) is 0 Å². The van der Waals surface area contributed by atoms with Gasteiger partial charge in [0.15, 0.2) is 0 Å². The molecule has 1 saturated heterocycles. The molecule has 1 unspecified atom stereocenters. The first-order chi connectivity index (χ1) is 15.8. The van der Waals surface area contributed by atoms with Crippen LogP contribution in [0.1, 0.15) is 37.8 Å². The first kappa shape index (κ1) is 22.4. The van der Waals surface area contributed by atoms with Crippen molar-refractivity contribution in [2.24, 2.45) is 11.8 Å². The molecule has 0 spiro atoms. The van der Waals surface area contributed by atoms with Crippen LogP contribution in [-0.4, -0.2) is 40.8 Å². The minimum atomic E-state index is -0.266. The molecule has 1 aliphatic heterocycles. The first-order valence-electron chi connectivity index (χ1n) is 10.9. The van der Waals surface area contributed by atoms with E-state index in [9.17, 15) is 9.59 Å². The number of piperidine rings is 1. The largest absolute Gasteiger partial charge is 0.350 e. The Hall–Kier alpha value is -2.41. The average molecular weight is 500 g/mol. The van der Waals surface area contributed by atoms with Crippen LogP contribution < -0.4 is 5.32 Å². The Bertz CT molecular complexity index is 1260. The van der Waals surface area contributed by atoms with E-state index in [-0.39, 0.29) is 17.9 Å². The van der Waals surface area contributed by atoms with E-state index in [1.165, 1.54) is 0 Å². The number of halogens is 2. The zero-order chi connectivity index (χ0) is 23.3. The van der Waals surface area contributed by atoms with Crippen molar-refractivity contribution in [3.05, 3.63) is 74.3 Å². The molecule has 2 heterocycles. The van der Waals surface area contributed by atoms with Crippen LogP contribution in [0.15, 0.2) is 42.5 Å². The summed E-state index contributed by atoms with van der Waals surface area (Å²) in [5, 5.41) is 4.63. The summed E-state index contributed by atoms with van der Waals surface area (Å²) in [6.45, 7) is 5.05. The van der Waals surface area contributed by atoms with Crippen LogP contribution in [0.4, 0.5) is 0 Å². The van der Waals surface area contributed by atoms with E-state index in [2.05, 4.69) is 16.4 Å². The predicted octanol–water partition coefficient (Wildman–Crippen LogP) is 5.62. The van der Waals surface area contributed by atoms with Gasteiger partial charge in [0.2, 0.25) is 0 Å². The molecule has 1 N–H and O–H groups in total. The molecule has 170 valence electrons. The van der Waals surface area contributed by atoms with E-state index in [1.54, 1.807) is 29.5 Å². The molecule has 8 heteroatoms. The first-order valence-corrected chi connectivity index (χ1v) is 12.5. The summed E-state index contributed by atoms with van der Waals surface area (Å²) in [6.07, 6.45) is 1.09. The van der Waals surface area contributed by atoms with E-state index >= 15 is 0 Å². The lowest BCUT2D eigenvalue weighted by Gasteiger charge is -2.27. The molecule has 0 radical (unpaired) electrons. The molecule has 0 bridgehead atoms. The second kappa shape index (κ2) is 8.75. The molecule has 1 aliphatic carbocycles. The van der Waals surface area contributed by atoms with Crippen molar-refractivity contribution in [2.45, 2.75) is 26.3 Å². The van der Waals surface area contributed by atoms with Gasteiger partial charge in [-0.15, -0.1) is 11.3 Å². The van der Waals surface area contributed by atoms with Gasteiger partial charge in [0, 0.05) is 18.1 Å². The highest BCUT2D eigenvalue weighted by molar-refractivity contribution is 7.15. The molecule has 5 nitrogen and oxygen atoms in total. The summed E-state index contributed by atoms with van der Waals surface area (Å²) in [5.41, 5.74) is 3.03. The maximum atomic E-state index is 13.6. The van der Waals surface area contributed by atoms with Crippen molar-refractivity contribution in [3.63, 3.8) is 0 Å². The highest BCUT2D eigenvalue weighted by Crippen LogP contribution is 2.50. The van der Waals surface area contributed by atoms with Gasteiger partial charge in [-0.25, -0.2) is 4.98 Å². The van der Waals surface area contributed by atoms with Crippen LogP contribution in [-0.2, 0) is 0 Å². The van der Waals surface area contributed by atoms with Gasteiger partial charge in [-0.3, -0.25) is 9.59 Å². The quantitative estimate of drug-likeness (QED) is 0.495. The Morgan fingerprint density at radius 2 is 2.00 bits per heavy atom. The van der Waals surface area contributed by atoms with Gasteiger partial charge in [-0.05, 0) is 55.9 Å². The van der Waals surface area contributed by atoms with Gasteiger partial charge in [-0.1, -0.05) is 53.0 Å². The number of fused-ring (bicyclic) bond motifs is 1.